The van der Waals surface area contributed by atoms with Crippen LogP contribution < -0.4 is 5.73 Å². The summed E-state index contributed by atoms with van der Waals surface area (Å²) in [5.41, 5.74) is 3.93. The number of likely N-dealkylation sites (tertiary alicyclic amines) is 1. The van der Waals surface area contributed by atoms with Gasteiger partial charge in [-0.3, -0.25) is 0 Å². The van der Waals surface area contributed by atoms with E-state index in [1.165, 1.54) is 6.92 Å². The van der Waals surface area contributed by atoms with Gasteiger partial charge in [0.15, 0.2) is 0 Å². The first-order valence-electron chi connectivity index (χ1n) is 5.55. The molecule has 1 atom stereocenters. The zero-order valence-corrected chi connectivity index (χ0v) is 10.7. The van der Waals surface area contributed by atoms with Crippen molar-refractivity contribution in [3.63, 3.8) is 0 Å². The van der Waals surface area contributed by atoms with Crippen LogP contribution in [0.5, 0.6) is 0 Å². The topological polar surface area (TPSA) is 55.6 Å². The van der Waals surface area contributed by atoms with Crippen molar-refractivity contribution >= 4 is 6.09 Å². The van der Waals surface area contributed by atoms with Crippen LogP contribution in [-0.2, 0) is 4.74 Å². The molecular formula is C11H20F2N2O2. The van der Waals surface area contributed by atoms with Gasteiger partial charge in [0.2, 0.25) is 0 Å². The smallest absolute Gasteiger partial charge is 0.410 e. The molecular weight excluding hydrogens is 230 g/mol. The van der Waals surface area contributed by atoms with Crippen LogP contribution in [0.25, 0.3) is 0 Å². The van der Waals surface area contributed by atoms with Gasteiger partial charge in [0, 0.05) is 18.5 Å². The van der Waals surface area contributed by atoms with Crippen LogP contribution in [0.1, 0.15) is 34.1 Å². The van der Waals surface area contributed by atoms with Crippen molar-refractivity contribution in [2.75, 3.05) is 13.1 Å². The van der Waals surface area contributed by atoms with E-state index in [1.807, 2.05) is 0 Å². The molecule has 6 heteroatoms. The fraction of sp³-hybridized carbons (Fsp3) is 0.909. The quantitative estimate of drug-likeness (QED) is 0.715. The van der Waals surface area contributed by atoms with E-state index >= 15 is 0 Å². The SMILES string of the molecule is CC(C)(C)OC(=O)N1CC(F)(F)C[C@@](C)(N)C1. The number of nitrogens with zero attached hydrogens (tertiary/aromatic N) is 1. The highest BCUT2D eigenvalue weighted by atomic mass is 19.3. The van der Waals surface area contributed by atoms with Gasteiger partial charge >= 0.3 is 6.09 Å². The van der Waals surface area contributed by atoms with Crippen molar-refractivity contribution in [3.05, 3.63) is 0 Å². The molecule has 0 aromatic rings. The Morgan fingerprint density at radius 2 is 1.88 bits per heavy atom. The van der Waals surface area contributed by atoms with Crippen molar-refractivity contribution in [3.8, 4) is 0 Å². The third kappa shape index (κ3) is 4.46. The highest BCUT2D eigenvalue weighted by Crippen LogP contribution is 2.32. The normalized spacial score (nSPS) is 29.0. The molecule has 0 spiro atoms. The average molecular weight is 250 g/mol. The lowest BCUT2D eigenvalue weighted by atomic mass is 9.90. The Hall–Kier alpha value is -0.910. The molecule has 0 radical (unpaired) electrons. The van der Waals surface area contributed by atoms with Crippen molar-refractivity contribution in [1.29, 1.82) is 0 Å². The molecule has 0 aromatic heterocycles. The number of halogens is 2. The number of alkyl halides is 2. The van der Waals surface area contributed by atoms with Crippen LogP contribution in [0.2, 0.25) is 0 Å². The molecule has 1 fully saturated rings. The van der Waals surface area contributed by atoms with Crippen molar-refractivity contribution < 1.29 is 18.3 Å². The molecule has 0 unspecified atom stereocenters. The lowest BCUT2D eigenvalue weighted by Crippen LogP contribution is -2.61. The number of carbonyl (C=O) groups is 1. The lowest BCUT2D eigenvalue weighted by Gasteiger charge is -2.42. The van der Waals surface area contributed by atoms with E-state index in [1.54, 1.807) is 20.8 Å². The molecule has 1 saturated heterocycles. The number of carbonyl (C=O) groups excluding carboxylic acids is 1. The van der Waals surface area contributed by atoms with Gasteiger partial charge in [0.25, 0.3) is 5.92 Å². The number of nitrogens with two attached hydrogens (primary N) is 1. The highest BCUT2D eigenvalue weighted by Gasteiger charge is 2.47. The number of ether oxygens (including phenoxy) is 1. The van der Waals surface area contributed by atoms with Crippen LogP contribution in [-0.4, -0.2) is 41.1 Å². The predicted octanol–water partition coefficient (Wildman–Crippen LogP) is 1.98. The first-order valence-corrected chi connectivity index (χ1v) is 5.55. The van der Waals surface area contributed by atoms with Crippen LogP contribution in [0.15, 0.2) is 0 Å². The summed E-state index contributed by atoms with van der Waals surface area (Å²) in [6.45, 7) is 6.03. The van der Waals surface area contributed by atoms with E-state index in [4.69, 9.17) is 10.5 Å². The Bertz CT molecular complexity index is 295. The zero-order valence-electron chi connectivity index (χ0n) is 10.7. The Morgan fingerprint density at radius 3 is 2.29 bits per heavy atom. The number of amides is 1. The monoisotopic (exact) mass is 250 g/mol. The molecule has 0 bridgehead atoms. The largest absolute Gasteiger partial charge is 0.444 e. The Morgan fingerprint density at radius 1 is 1.35 bits per heavy atom. The van der Waals surface area contributed by atoms with E-state index in [9.17, 15) is 13.6 Å². The van der Waals surface area contributed by atoms with Crippen LogP contribution >= 0.6 is 0 Å². The second kappa shape index (κ2) is 4.08. The van der Waals surface area contributed by atoms with E-state index in [2.05, 4.69) is 0 Å². The summed E-state index contributed by atoms with van der Waals surface area (Å²) >= 11 is 0. The van der Waals surface area contributed by atoms with Gasteiger partial charge in [-0.05, 0) is 27.7 Å². The second-order valence-electron chi connectivity index (χ2n) is 6.02. The number of hydrogen-bond acceptors (Lipinski definition) is 3. The highest BCUT2D eigenvalue weighted by molar-refractivity contribution is 5.68. The average Bonchev–Trinajstić information content (AvgIpc) is 1.93. The molecule has 0 aliphatic carbocycles. The molecule has 2 N–H and O–H groups in total. The number of hydrogen-bond donors (Lipinski definition) is 1. The molecule has 4 nitrogen and oxygen atoms in total. The summed E-state index contributed by atoms with van der Waals surface area (Å²) < 4.78 is 31.9. The summed E-state index contributed by atoms with van der Waals surface area (Å²) in [6.07, 6.45) is -1.16. The van der Waals surface area contributed by atoms with Gasteiger partial charge < -0.3 is 15.4 Å². The fourth-order valence-electron chi connectivity index (χ4n) is 1.93. The molecule has 1 heterocycles. The van der Waals surface area contributed by atoms with Gasteiger partial charge in [0.1, 0.15) is 5.60 Å². The second-order valence-corrected chi connectivity index (χ2v) is 6.02. The minimum atomic E-state index is -2.96. The molecule has 1 aliphatic rings. The third-order valence-electron chi connectivity index (χ3n) is 2.29. The maximum atomic E-state index is 13.4. The fourth-order valence-corrected chi connectivity index (χ4v) is 1.93. The Kier molecular flexibility index (Phi) is 3.40. The standard InChI is InChI=1S/C11H20F2N2O2/c1-9(2,3)17-8(16)15-6-10(4,14)5-11(12,13)7-15/h5-7,14H2,1-4H3/t10-/m1/s1. The van der Waals surface area contributed by atoms with E-state index in [0.717, 1.165) is 4.90 Å². The third-order valence-corrected chi connectivity index (χ3v) is 2.29. The van der Waals surface area contributed by atoms with E-state index < -0.39 is 36.1 Å². The predicted molar refractivity (Wildman–Crippen MR) is 60.0 cm³/mol. The van der Waals surface area contributed by atoms with E-state index in [0.29, 0.717) is 0 Å². The molecule has 1 rings (SSSR count). The summed E-state index contributed by atoms with van der Waals surface area (Å²) in [7, 11) is 0. The summed E-state index contributed by atoms with van der Waals surface area (Å²) in [4.78, 5) is 12.7. The van der Waals surface area contributed by atoms with Crippen molar-refractivity contribution in [2.45, 2.75) is 51.2 Å². The zero-order chi connectivity index (χ0) is 13.5. The summed E-state index contributed by atoms with van der Waals surface area (Å²) in [6, 6.07) is 0. The first kappa shape index (κ1) is 14.2. The van der Waals surface area contributed by atoms with Crippen molar-refractivity contribution in [1.82, 2.24) is 4.90 Å². The minimum Gasteiger partial charge on any atom is -0.444 e. The molecule has 0 saturated carbocycles. The van der Waals surface area contributed by atoms with Gasteiger partial charge in [-0.15, -0.1) is 0 Å². The number of piperidine rings is 1. The van der Waals surface area contributed by atoms with Crippen LogP contribution in [0, 0.1) is 0 Å². The molecule has 0 aromatic carbocycles. The maximum absolute atomic E-state index is 13.4. The van der Waals surface area contributed by atoms with Crippen molar-refractivity contribution in [2.24, 2.45) is 5.73 Å². The maximum Gasteiger partial charge on any atom is 0.410 e. The molecule has 1 amide bonds. The van der Waals surface area contributed by atoms with Gasteiger partial charge in [0.05, 0.1) is 6.54 Å². The summed E-state index contributed by atoms with van der Waals surface area (Å²) in [5.74, 6) is -2.96. The van der Waals surface area contributed by atoms with E-state index in [-0.39, 0.29) is 6.54 Å². The van der Waals surface area contributed by atoms with Crippen LogP contribution in [0.4, 0.5) is 13.6 Å². The number of rotatable bonds is 0. The van der Waals surface area contributed by atoms with Gasteiger partial charge in [-0.2, -0.15) is 0 Å². The molecule has 17 heavy (non-hydrogen) atoms. The molecule has 100 valence electrons. The van der Waals surface area contributed by atoms with Gasteiger partial charge in [-0.25, -0.2) is 13.6 Å². The summed E-state index contributed by atoms with van der Waals surface area (Å²) in [5, 5.41) is 0. The van der Waals surface area contributed by atoms with Gasteiger partial charge in [-0.1, -0.05) is 0 Å². The molecule has 1 aliphatic heterocycles. The van der Waals surface area contributed by atoms with Crippen LogP contribution in [0.3, 0.4) is 0 Å². The lowest BCUT2D eigenvalue weighted by molar-refractivity contribution is -0.0898. The first-order chi connectivity index (χ1) is 7.40. The Balaban J connectivity index is 2.74. The Labute approximate surface area is 100 Å². The minimum absolute atomic E-state index is 0.0809.